The van der Waals surface area contributed by atoms with E-state index in [1.54, 1.807) is 0 Å². The number of halogens is 1. The molecule has 0 aromatic carbocycles. The molecule has 1 aromatic heterocycles. The van der Waals surface area contributed by atoms with Crippen LogP contribution in [-0.4, -0.2) is 28.3 Å². The first-order valence-corrected chi connectivity index (χ1v) is 5.06. The summed E-state index contributed by atoms with van der Waals surface area (Å²) in [6.07, 6.45) is 1.21. The maximum Gasteiger partial charge on any atom is 0.222 e. The van der Waals surface area contributed by atoms with E-state index in [-0.39, 0.29) is 5.28 Å². The molecule has 1 fully saturated rings. The topological polar surface area (TPSA) is 64.5 Å². The Hall–Kier alpha value is -0.750. The Morgan fingerprint density at radius 3 is 3.20 bits per heavy atom. The van der Waals surface area contributed by atoms with Gasteiger partial charge < -0.3 is 14.6 Å². The highest BCUT2D eigenvalue weighted by atomic mass is 35.5. The van der Waals surface area contributed by atoms with E-state index >= 15 is 0 Å². The first-order chi connectivity index (χ1) is 7.21. The molecule has 1 aromatic rings. The molecule has 0 saturated carbocycles. The third-order valence-electron chi connectivity index (χ3n) is 2.81. The van der Waals surface area contributed by atoms with Gasteiger partial charge in [-0.2, -0.15) is 0 Å². The summed E-state index contributed by atoms with van der Waals surface area (Å²) in [5, 5.41) is 9.86. The van der Waals surface area contributed by atoms with Crippen LogP contribution in [0, 0.1) is 0 Å². The third-order valence-corrected chi connectivity index (χ3v) is 2.99. The van der Waals surface area contributed by atoms with Crippen molar-refractivity contribution in [3.05, 3.63) is 22.7 Å². The summed E-state index contributed by atoms with van der Waals surface area (Å²) in [5.74, 6) is 0. The first kappa shape index (κ1) is 9.47. The molecule has 1 saturated heterocycles. The summed E-state index contributed by atoms with van der Waals surface area (Å²) in [6, 6.07) is 0. The molecule has 1 N–H and O–H groups in total. The third kappa shape index (κ3) is 1.28. The number of rotatable bonds is 0. The Balaban J connectivity index is 2.15. The Morgan fingerprint density at radius 1 is 1.60 bits per heavy atom. The number of ether oxygens (including phenoxy) is 2. The van der Waals surface area contributed by atoms with Gasteiger partial charge in [0.25, 0.3) is 0 Å². The fourth-order valence-electron chi connectivity index (χ4n) is 2.07. The van der Waals surface area contributed by atoms with Crippen LogP contribution in [0.25, 0.3) is 0 Å². The SMILES string of the molecule is OC1OC2(CCOC2)c2nc(Cl)ncc21. The Labute approximate surface area is 91.0 Å². The normalized spacial score (nSPS) is 33.6. The van der Waals surface area contributed by atoms with E-state index in [9.17, 15) is 5.11 Å². The molecule has 0 aliphatic carbocycles. The molecule has 80 valence electrons. The highest BCUT2D eigenvalue weighted by Gasteiger charge is 2.49. The van der Waals surface area contributed by atoms with Crippen LogP contribution in [0.3, 0.4) is 0 Å². The second-order valence-corrected chi connectivity index (χ2v) is 4.05. The quantitative estimate of drug-likeness (QED) is 0.665. The lowest BCUT2D eigenvalue weighted by Gasteiger charge is -2.20. The number of fused-ring (bicyclic) bond motifs is 2. The molecule has 2 aliphatic rings. The predicted molar refractivity (Wildman–Crippen MR) is 50.2 cm³/mol. The fraction of sp³-hybridized carbons (Fsp3) is 0.556. The van der Waals surface area contributed by atoms with Crippen molar-refractivity contribution in [1.29, 1.82) is 0 Å². The first-order valence-electron chi connectivity index (χ1n) is 4.68. The van der Waals surface area contributed by atoms with Gasteiger partial charge in [-0.05, 0) is 11.6 Å². The summed E-state index contributed by atoms with van der Waals surface area (Å²) < 4.78 is 10.8. The van der Waals surface area contributed by atoms with Gasteiger partial charge in [-0.3, -0.25) is 0 Å². The molecule has 0 radical (unpaired) electrons. The van der Waals surface area contributed by atoms with Crippen LogP contribution in [0.4, 0.5) is 0 Å². The predicted octanol–water partition coefficient (Wildman–Crippen LogP) is 0.767. The molecule has 0 bridgehead atoms. The van der Waals surface area contributed by atoms with Crippen molar-refractivity contribution in [3.63, 3.8) is 0 Å². The van der Waals surface area contributed by atoms with Crippen LogP contribution in [0.2, 0.25) is 5.28 Å². The van der Waals surface area contributed by atoms with Gasteiger partial charge in [0.05, 0.1) is 17.9 Å². The molecule has 1 spiro atoms. The lowest BCUT2D eigenvalue weighted by atomic mass is 9.98. The summed E-state index contributed by atoms with van der Waals surface area (Å²) in [7, 11) is 0. The molecule has 5 nitrogen and oxygen atoms in total. The van der Waals surface area contributed by atoms with Gasteiger partial charge in [0.2, 0.25) is 5.28 Å². The fourth-order valence-corrected chi connectivity index (χ4v) is 2.21. The van der Waals surface area contributed by atoms with Crippen LogP contribution in [-0.2, 0) is 15.1 Å². The highest BCUT2D eigenvalue weighted by Crippen LogP contribution is 2.45. The highest BCUT2D eigenvalue weighted by molar-refractivity contribution is 6.28. The Bertz CT molecular complexity index is 406. The standard InChI is InChI=1S/C9H9ClN2O3/c10-8-11-3-5-6(12-8)9(15-7(5)13)1-2-14-4-9/h3,7,13H,1-2,4H2. The van der Waals surface area contributed by atoms with E-state index in [4.69, 9.17) is 21.1 Å². The van der Waals surface area contributed by atoms with E-state index in [0.29, 0.717) is 30.9 Å². The average molecular weight is 229 g/mol. The van der Waals surface area contributed by atoms with Crippen molar-refractivity contribution in [1.82, 2.24) is 9.97 Å². The summed E-state index contributed by atoms with van der Waals surface area (Å²) >= 11 is 5.73. The smallest absolute Gasteiger partial charge is 0.222 e. The minimum Gasteiger partial charge on any atom is -0.378 e. The van der Waals surface area contributed by atoms with Crippen molar-refractivity contribution in [2.45, 2.75) is 18.3 Å². The van der Waals surface area contributed by atoms with Gasteiger partial charge in [0, 0.05) is 19.2 Å². The van der Waals surface area contributed by atoms with Crippen molar-refractivity contribution < 1.29 is 14.6 Å². The van der Waals surface area contributed by atoms with E-state index < -0.39 is 11.9 Å². The average Bonchev–Trinajstić information content (AvgIpc) is 2.76. The summed E-state index contributed by atoms with van der Waals surface area (Å²) in [6.45, 7) is 1.01. The Morgan fingerprint density at radius 2 is 2.47 bits per heavy atom. The number of aliphatic hydroxyl groups is 1. The molecule has 6 heteroatoms. The second kappa shape index (κ2) is 3.12. The minimum absolute atomic E-state index is 0.165. The van der Waals surface area contributed by atoms with Crippen molar-refractivity contribution >= 4 is 11.6 Å². The molecule has 3 heterocycles. The minimum atomic E-state index is -0.973. The zero-order valence-electron chi connectivity index (χ0n) is 7.81. The van der Waals surface area contributed by atoms with Crippen LogP contribution < -0.4 is 0 Å². The zero-order chi connectivity index (χ0) is 10.5. The lowest BCUT2D eigenvalue weighted by Crippen LogP contribution is -2.27. The van der Waals surface area contributed by atoms with Crippen LogP contribution in [0.5, 0.6) is 0 Å². The maximum atomic E-state index is 9.70. The number of hydrogen-bond donors (Lipinski definition) is 1. The van der Waals surface area contributed by atoms with Gasteiger partial charge in [-0.15, -0.1) is 0 Å². The molecule has 3 rings (SSSR count). The number of nitrogens with zero attached hydrogens (tertiary/aromatic N) is 2. The van der Waals surface area contributed by atoms with Crippen LogP contribution in [0.1, 0.15) is 24.0 Å². The Kier molecular flexibility index (Phi) is 1.97. The molecule has 2 atom stereocenters. The number of hydrogen-bond acceptors (Lipinski definition) is 5. The van der Waals surface area contributed by atoms with E-state index in [1.165, 1.54) is 6.20 Å². The molecule has 15 heavy (non-hydrogen) atoms. The molecular weight excluding hydrogens is 220 g/mol. The summed E-state index contributed by atoms with van der Waals surface area (Å²) in [4.78, 5) is 7.96. The largest absolute Gasteiger partial charge is 0.378 e. The van der Waals surface area contributed by atoms with Gasteiger partial charge >= 0.3 is 0 Å². The van der Waals surface area contributed by atoms with E-state index in [2.05, 4.69) is 9.97 Å². The molecule has 2 unspecified atom stereocenters. The van der Waals surface area contributed by atoms with Crippen LogP contribution >= 0.6 is 11.6 Å². The van der Waals surface area contributed by atoms with Crippen molar-refractivity contribution in [2.24, 2.45) is 0 Å². The van der Waals surface area contributed by atoms with Gasteiger partial charge in [-0.25, -0.2) is 9.97 Å². The van der Waals surface area contributed by atoms with Gasteiger partial charge in [0.15, 0.2) is 6.29 Å². The number of aliphatic hydroxyl groups excluding tert-OH is 1. The maximum absolute atomic E-state index is 9.70. The lowest BCUT2D eigenvalue weighted by molar-refractivity contribution is -0.172. The monoisotopic (exact) mass is 228 g/mol. The van der Waals surface area contributed by atoms with E-state index in [0.717, 1.165) is 0 Å². The van der Waals surface area contributed by atoms with Crippen molar-refractivity contribution in [3.8, 4) is 0 Å². The molecular formula is C9H9ClN2O3. The zero-order valence-corrected chi connectivity index (χ0v) is 8.57. The van der Waals surface area contributed by atoms with E-state index in [1.807, 2.05) is 0 Å². The molecule has 2 aliphatic heterocycles. The van der Waals surface area contributed by atoms with Crippen LogP contribution in [0.15, 0.2) is 6.20 Å². The molecule has 0 amide bonds. The van der Waals surface area contributed by atoms with Crippen molar-refractivity contribution in [2.75, 3.05) is 13.2 Å². The van der Waals surface area contributed by atoms with Gasteiger partial charge in [-0.1, -0.05) is 0 Å². The van der Waals surface area contributed by atoms with Gasteiger partial charge in [0.1, 0.15) is 5.60 Å². The summed E-state index contributed by atoms with van der Waals surface area (Å²) in [5.41, 5.74) is 0.624. The second-order valence-electron chi connectivity index (χ2n) is 3.71. The number of aromatic nitrogens is 2.